The molecule has 0 aliphatic carbocycles. The minimum Gasteiger partial charge on any atom is -0.481 e. The highest BCUT2D eigenvalue weighted by molar-refractivity contribution is 5.71. The van der Waals surface area contributed by atoms with Gasteiger partial charge in [0.05, 0.1) is 5.92 Å². The predicted octanol–water partition coefficient (Wildman–Crippen LogP) is 2.35. The number of ether oxygens (including phenoxy) is 1. The lowest BCUT2D eigenvalue weighted by atomic mass is 9.94. The van der Waals surface area contributed by atoms with Gasteiger partial charge in [0.2, 0.25) is 0 Å². The molecule has 1 saturated heterocycles. The molecule has 5 heteroatoms. The molecule has 1 aliphatic heterocycles. The van der Waals surface area contributed by atoms with Crippen LogP contribution >= 0.6 is 0 Å². The SMILES string of the molecule is CC(C)C(C)(C)OC(=O)N1CCC(C(=O)O)CC1. The lowest BCUT2D eigenvalue weighted by Crippen LogP contribution is -2.44. The van der Waals surface area contributed by atoms with E-state index in [-0.39, 0.29) is 17.9 Å². The summed E-state index contributed by atoms with van der Waals surface area (Å²) in [6, 6.07) is 0. The zero-order chi connectivity index (χ0) is 13.9. The summed E-state index contributed by atoms with van der Waals surface area (Å²) in [7, 11) is 0. The smallest absolute Gasteiger partial charge is 0.410 e. The normalized spacial score (nSPS) is 17.9. The molecule has 1 aliphatic rings. The second-order valence-electron chi connectivity index (χ2n) is 5.73. The highest BCUT2D eigenvalue weighted by atomic mass is 16.6. The van der Waals surface area contributed by atoms with Gasteiger partial charge < -0.3 is 14.7 Å². The van der Waals surface area contributed by atoms with Crippen molar-refractivity contribution in [2.24, 2.45) is 11.8 Å². The van der Waals surface area contributed by atoms with E-state index in [0.29, 0.717) is 25.9 Å². The molecule has 0 spiro atoms. The second kappa shape index (κ2) is 5.59. The van der Waals surface area contributed by atoms with E-state index in [2.05, 4.69) is 0 Å². The highest BCUT2D eigenvalue weighted by Crippen LogP contribution is 2.24. The molecule has 5 nitrogen and oxygen atoms in total. The van der Waals surface area contributed by atoms with Crippen LogP contribution in [0, 0.1) is 11.8 Å². The van der Waals surface area contributed by atoms with E-state index in [1.165, 1.54) is 0 Å². The Kier molecular flexibility index (Phi) is 4.59. The van der Waals surface area contributed by atoms with Crippen LogP contribution in [0.15, 0.2) is 0 Å². The Morgan fingerprint density at radius 2 is 1.78 bits per heavy atom. The Bertz CT molecular complexity index is 317. The van der Waals surface area contributed by atoms with Crippen molar-refractivity contribution in [3.63, 3.8) is 0 Å². The fourth-order valence-corrected chi connectivity index (χ4v) is 1.72. The number of carbonyl (C=O) groups excluding carboxylic acids is 1. The minimum atomic E-state index is -0.773. The molecule has 1 heterocycles. The van der Waals surface area contributed by atoms with Crippen molar-refractivity contribution in [2.75, 3.05) is 13.1 Å². The van der Waals surface area contributed by atoms with Crippen molar-refractivity contribution >= 4 is 12.1 Å². The number of carbonyl (C=O) groups is 2. The van der Waals surface area contributed by atoms with E-state index < -0.39 is 11.6 Å². The Hall–Kier alpha value is -1.26. The molecule has 0 aromatic heterocycles. The lowest BCUT2D eigenvalue weighted by molar-refractivity contribution is -0.143. The summed E-state index contributed by atoms with van der Waals surface area (Å²) in [4.78, 5) is 24.4. The van der Waals surface area contributed by atoms with Crippen molar-refractivity contribution in [2.45, 2.75) is 46.1 Å². The van der Waals surface area contributed by atoms with Gasteiger partial charge >= 0.3 is 12.1 Å². The maximum atomic E-state index is 12.0. The summed E-state index contributed by atoms with van der Waals surface area (Å²) in [5.74, 6) is -0.865. The van der Waals surface area contributed by atoms with Gasteiger partial charge in [-0.2, -0.15) is 0 Å². The zero-order valence-corrected chi connectivity index (χ0v) is 11.6. The monoisotopic (exact) mass is 257 g/mol. The van der Waals surface area contributed by atoms with E-state index in [1.807, 2.05) is 27.7 Å². The second-order valence-corrected chi connectivity index (χ2v) is 5.73. The van der Waals surface area contributed by atoms with Crippen molar-refractivity contribution in [3.05, 3.63) is 0 Å². The number of hydrogen-bond acceptors (Lipinski definition) is 3. The van der Waals surface area contributed by atoms with Crippen LogP contribution in [0.5, 0.6) is 0 Å². The molecule has 104 valence electrons. The van der Waals surface area contributed by atoms with Gasteiger partial charge in [0, 0.05) is 13.1 Å². The highest BCUT2D eigenvalue weighted by Gasteiger charge is 2.32. The Labute approximate surface area is 108 Å². The topological polar surface area (TPSA) is 66.8 Å². The summed E-state index contributed by atoms with van der Waals surface area (Å²) in [5, 5.41) is 8.89. The van der Waals surface area contributed by atoms with Crippen LogP contribution in [0.25, 0.3) is 0 Å². The molecule has 1 fully saturated rings. The van der Waals surface area contributed by atoms with E-state index in [1.54, 1.807) is 4.90 Å². The van der Waals surface area contributed by atoms with Crippen LogP contribution in [0.4, 0.5) is 4.79 Å². The molecule has 1 rings (SSSR count). The number of amides is 1. The van der Waals surface area contributed by atoms with Crippen LogP contribution in [-0.2, 0) is 9.53 Å². The first-order valence-corrected chi connectivity index (χ1v) is 6.44. The van der Waals surface area contributed by atoms with Crippen LogP contribution < -0.4 is 0 Å². The van der Waals surface area contributed by atoms with Gasteiger partial charge in [0.25, 0.3) is 0 Å². The summed E-state index contributed by atoms with van der Waals surface area (Å²) in [5.41, 5.74) is -0.499. The number of carboxylic acids is 1. The first kappa shape index (κ1) is 14.8. The molecule has 0 aromatic carbocycles. The molecule has 0 aromatic rings. The fourth-order valence-electron chi connectivity index (χ4n) is 1.72. The fraction of sp³-hybridized carbons (Fsp3) is 0.846. The van der Waals surface area contributed by atoms with Crippen molar-refractivity contribution < 1.29 is 19.4 Å². The van der Waals surface area contributed by atoms with Crippen LogP contribution in [0.2, 0.25) is 0 Å². The molecule has 0 radical (unpaired) electrons. The number of aliphatic carboxylic acids is 1. The number of piperidine rings is 1. The van der Waals surface area contributed by atoms with Gasteiger partial charge in [-0.15, -0.1) is 0 Å². The number of nitrogens with zero attached hydrogens (tertiary/aromatic N) is 1. The molecular formula is C13H23NO4. The van der Waals surface area contributed by atoms with Gasteiger partial charge in [0.1, 0.15) is 5.60 Å². The average molecular weight is 257 g/mol. The number of rotatable bonds is 3. The molecular weight excluding hydrogens is 234 g/mol. The molecule has 0 saturated carbocycles. The third kappa shape index (κ3) is 3.62. The van der Waals surface area contributed by atoms with E-state index in [9.17, 15) is 9.59 Å². The molecule has 18 heavy (non-hydrogen) atoms. The number of carboxylic acid groups (broad SMARTS) is 1. The van der Waals surface area contributed by atoms with Gasteiger partial charge in [-0.05, 0) is 32.6 Å². The van der Waals surface area contributed by atoms with Crippen LogP contribution in [0.3, 0.4) is 0 Å². The summed E-state index contributed by atoms with van der Waals surface area (Å²) < 4.78 is 5.47. The van der Waals surface area contributed by atoms with Crippen molar-refractivity contribution in [1.82, 2.24) is 4.90 Å². The van der Waals surface area contributed by atoms with Crippen molar-refractivity contribution in [1.29, 1.82) is 0 Å². The first-order chi connectivity index (χ1) is 8.24. The van der Waals surface area contributed by atoms with Gasteiger partial charge in [-0.1, -0.05) is 13.8 Å². The van der Waals surface area contributed by atoms with E-state index in [4.69, 9.17) is 9.84 Å². The molecule has 1 amide bonds. The Morgan fingerprint density at radius 3 is 2.17 bits per heavy atom. The summed E-state index contributed by atoms with van der Waals surface area (Å²) in [6.07, 6.45) is 0.677. The van der Waals surface area contributed by atoms with Gasteiger partial charge in [-0.25, -0.2) is 4.79 Å². The average Bonchev–Trinajstić information content (AvgIpc) is 2.28. The quantitative estimate of drug-likeness (QED) is 0.842. The standard InChI is InChI=1S/C13H23NO4/c1-9(2)13(3,4)18-12(17)14-7-5-10(6-8-14)11(15)16/h9-10H,5-8H2,1-4H3,(H,15,16). The van der Waals surface area contributed by atoms with Gasteiger partial charge in [0.15, 0.2) is 0 Å². The molecule has 1 N–H and O–H groups in total. The van der Waals surface area contributed by atoms with E-state index >= 15 is 0 Å². The maximum Gasteiger partial charge on any atom is 0.410 e. The third-order valence-corrected chi connectivity index (χ3v) is 3.84. The van der Waals surface area contributed by atoms with Crippen molar-refractivity contribution in [3.8, 4) is 0 Å². The van der Waals surface area contributed by atoms with Crippen LogP contribution in [0.1, 0.15) is 40.5 Å². The number of hydrogen-bond donors (Lipinski definition) is 1. The zero-order valence-electron chi connectivity index (χ0n) is 11.6. The Balaban J connectivity index is 2.48. The molecule has 0 atom stereocenters. The van der Waals surface area contributed by atoms with Crippen LogP contribution in [-0.4, -0.2) is 40.8 Å². The predicted molar refractivity (Wildman–Crippen MR) is 67.3 cm³/mol. The minimum absolute atomic E-state index is 0.234. The number of likely N-dealkylation sites (tertiary alicyclic amines) is 1. The summed E-state index contributed by atoms with van der Waals surface area (Å²) >= 11 is 0. The Morgan fingerprint density at radius 1 is 1.28 bits per heavy atom. The molecule has 0 bridgehead atoms. The molecule has 0 unspecified atom stereocenters. The lowest BCUT2D eigenvalue weighted by Gasteiger charge is -2.35. The maximum absolute atomic E-state index is 12.0. The largest absolute Gasteiger partial charge is 0.481 e. The third-order valence-electron chi connectivity index (χ3n) is 3.84. The first-order valence-electron chi connectivity index (χ1n) is 6.44. The van der Waals surface area contributed by atoms with Gasteiger partial charge in [-0.3, -0.25) is 4.79 Å². The van der Waals surface area contributed by atoms with E-state index in [0.717, 1.165) is 0 Å². The summed E-state index contributed by atoms with van der Waals surface area (Å²) in [6.45, 7) is 8.71.